The number of pyridine rings is 1. The molecule has 0 saturated heterocycles. The molecule has 1 atom stereocenters. The smallest absolute Gasteiger partial charge is 0.128 e. The fourth-order valence-corrected chi connectivity index (χ4v) is 3.02. The van der Waals surface area contributed by atoms with Crippen molar-refractivity contribution < 1.29 is 0 Å². The molecule has 19 heavy (non-hydrogen) atoms. The van der Waals surface area contributed by atoms with E-state index in [-0.39, 0.29) is 11.6 Å². The van der Waals surface area contributed by atoms with Crippen LogP contribution in [-0.2, 0) is 0 Å². The van der Waals surface area contributed by atoms with Gasteiger partial charge in [-0.25, -0.2) is 4.98 Å². The number of nitrogens with one attached hydrogen (secondary N) is 1. The maximum Gasteiger partial charge on any atom is 0.128 e. The van der Waals surface area contributed by atoms with E-state index in [0.717, 1.165) is 24.0 Å². The number of hydrazine groups is 1. The predicted molar refractivity (Wildman–Crippen MR) is 80.5 cm³/mol. The van der Waals surface area contributed by atoms with Crippen molar-refractivity contribution >= 4 is 5.82 Å². The third kappa shape index (κ3) is 2.73. The second-order valence-electron chi connectivity index (χ2n) is 5.23. The molecular formula is C14H27N5. The Hall–Kier alpha value is -1.17. The Kier molecular flexibility index (Phi) is 5.29. The molecular weight excluding hydrogens is 238 g/mol. The van der Waals surface area contributed by atoms with E-state index in [1.54, 1.807) is 6.20 Å². The zero-order valence-electron chi connectivity index (χ0n) is 12.7. The fraction of sp³-hybridized carbons (Fsp3) is 0.643. The van der Waals surface area contributed by atoms with Crippen molar-refractivity contribution in [1.82, 2.24) is 15.3 Å². The second kappa shape index (κ2) is 6.32. The first-order chi connectivity index (χ1) is 8.94. The molecule has 0 fully saturated rings. The van der Waals surface area contributed by atoms with E-state index >= 15 is 0 Å². The number of hydrogen-bond donors (Lipinski definition) is 3. The summed E-state index contributed by atoms with van der Waals surface area (Å²) in [5.74, 6) is 6.41. The fourth-order valence-electron chi connectivity index (χ4n) is 3.02. The van der Waals surface area contributed by atoms with Crippen LogP contribution in [0.1, 0.15) is 43.9 Å². The highest BCUT2D eigenvalue weighted by molar-refractivity contribution is 5.47. The van der Waals surface area contributed by atoms with Gasteiger partial charge in [-0.3, -0.25) is 11.3 Å². The first kappa shape index (κ1) is 15.9. The molecule has 1 unspecified atom stereocenters. The van der Waals surface area contributed by atoms with Crippen LogP contribution in [0.4, 0.5) is 5.82 Å². The molecule has 0 bridgehead atoms. The number of nitrogens with zero attached hydrogens (tertiary/aromatic N) is 2. The number of nitrogen functional groups attached to an aromatic ring is 1. The topological polar surface area (TPSA) is 80.2 Å². The van der Waals surface area contributed by atoms with Gasteiger partial charge in [0.05, 0.1) is 6.04 Å². The van der Waals surface area contributed by atoms with E-state index in [0.29, 0.717) is 5.82 Å². The summed E-state index contributed by atoms with van der Waals surface area (Å²) in [5.41, 5.74) is 11.1. The normalized spacial score (nSPS) is 13.8. The lowest BCUT2D eigenvalue weighted by molar-refractivity contribution is 0.0881. The molecule has 1 aromatic heterocycles. The van der Waals surface area contributed by atoms with Gasteiger partial charge < -0.3 is 10.6 Å². The van der Waals surface area contributed by atoms with Gasteiger partial charge in [0.1, 0.15) is 5.82 Å². The molecule has 0 amide bonds. The monoisotopic (exact) mass is 265 g/mol. The van der Waals surface area contributed by atoms with Crippen molar-refractivity contribution in [1.29, 1.82) is 0 Å². The molecule has 0 spiro atoms. The van der Waals surface area contributed by atoms with Crippen LogP contribution < -0.4 is 17.0 Å². The summed E-state index contributed by atoms with van der Waals surface area (Å²) in [6, 6.07) is 1.92. The number of likely N-dealkylation sites (N-methyl/N-ethyl adjacent to an activating group) is 1. The highest BCUT2D eigenvalue weighted by Gasteiger charge is 2.40. The molecule has 0 saturated carbocycles. The standard InChI is InChI=1S/C14H27N5/c1-6-14(7-2,19(4)5)12(18-16)11-10(3)8-9-17-13(11)15/h8-9,12,18H,6-7,16H2,1-5H3,(H2,15,17). The summed E-state index contributed by atoms with van der Waals surface area (Å²) in [4.78, 5) is 6.44. The number of anilines is 1. The van der Waals surface area contributed by atoms with Gasteiger partial charge in [0, 0.05) is 17.3 Å². The largest absolute Gasteiger partial charge is 0.383 e. The molecule has 1 aromatic rings. The second-order valence-corrected chi connectivity index (χ2v) is 5.23. The van der Waals surface area contributed by atoms with E-state index in [1.165, 1.54) is 0 Å². The summed E-state index contributed by atoms with van der Waals surface area (Å²) >= 11 is 0. The zero-order chi connectivity index (χ0) is 14.6. The SMILES string of the molecule is CCC(CC)(C(NN)c1c(C)ccnc1N)N(C)C. The summed E-state index contributed by atoms with van der Waals surface area (Å²) in [6.07, 6.45) is 3.68. The van der Waals surface area contributed by atoms with Crippen molar-refractivity contribution in [2.24, 2.45) is 5.84 Å². The van der Waals surface area contributed by atoms with Crippen molar-refractivity contribution in [3.8, 4) is 0 Å². The van der Waals surface area contributed by atoms with Crippen LogP contribution in [0.25, 0.3) is 0 Å². The van der Waals surface area contributed by atoms with Gasteiger partial charge in [-0.2, -0.15) is 0 Å². The Balaban J connectivity index is 3.40. The van der Waals surface area contributed by atoms with Gasteiger partial charge in [-0.05, 0) is 45.5 Å². The maximum absolute atomic E-state index is 6.08. The number of rotatable bonds is 6. The summed E-state index contributed by atoms with van der Waals surface area (Å²) < 4.78 is 0. The van der Waals surface area contributed by atoms with Crippen molar-refractivity contribution in [3.05, 3.63) is 23.4 Å². The third-order valence-electron chi connectivity index (χ3n) is 4.35. The van der Waals surface area contributed by atoms with Gasteiger partial charge in [0.2, 0.25) is 0 Å². The van der Waals surface area contributed by atoms with E-state index in [2.05, 4.69) is 43.3 Å². The zero-order valence-corrected chi connectivity index (χ0v) is 12.7. The molecule has 0 aliphatic rings. The minimum atomic E-state index is -0.0866. The van der Waals surface area contributed by atoms with Gasteiger partial charge >= 0.3 is 0 Å². The highest BCUT2D eigenvalue weighted by atomic mass is 15.3. The van der Waals surface area contributed by atoms with Gasteiger partial charge in [-0.15, -0.1) is 0 Å². The van der Waals surface area contributed by atoms with Crippen LogP contribution in [0.2, 0.25) is 0 Å². The lowest BCUT2D eigenvalue weighted by Crippen LogP contribution is -2.55. The molecule has 0 aliphatic carbocycles. The average Bonchev–Trinajstić information content (AvgIpc) is 2.37. The molecule has 1 rings (SSSR count). The van der Waals surface area contributed by atoms with Crippen molar-refractivity contribution in [3.63, 3.8) is 0 Å². The minimum absolute atomic E-state index is 0.0498. The van der Waals surface area contributed by atoms with E-state index in [9.17, 15) is 0 Å². The minimum Gasteiger partial charge on any atom is -0.383 e. The Morgan fingerprint density at radius 2 is 1.95 bits per heavy atom. The predicted octanol–water partition coefficient (Wildman–Crippen LogP) is 1.60. The molecule has 0 aromatic carbocycles. The molecule has 0 aliphatic heterocycles. The Labute approximate surface area is 116 Å². The van der Waals surface area contributed by atoms with E-state index < -0.39 is 0 Å². The molecule has 0 radical (unpaired) electrons. The average molecular weight is 265 g/mol. The number of hydrogen-bond acceptors (Lipinski definition) is 5. The van der Waals surface area contributed by atoms with Crippen LogP contribution in [0, 0.1) is 6.92 Å². The molecule has 5 heteroatoms. The van der Waals surface area contributed by atoms with Crippen LogP contribution in [-0.4, -0.2) is 29.5 Å². The highest BCUT2D eigenvalue weighted by Crippen LogP contribution is 2.38. The summed E-state index contributed by atoms with van der Waals surface area (Å²) in [7, 11) is 4.17. The maximum atomic E-state index is 6.08. The van der Waals surface area contributed by atoms with Gasteiger partial charge in [0.15, 0.2) is 0 Å². The number of aromatic nitrogens is 1. The Bertz CT molecular complexity index is 392. The first-order valence-electron chi connectivity index (χ1n) is 6.79. The van der Waals surface area contributed by atoms with E-state index in [1.807, 2.05) is 13.0 Å². The first-order valence-corrected chi connectivity index (χ1v) is 6.79. The molecule has 1 heterocycles. The third-order valence-corrected chi connectivity index (χ3v) is 4.35. The Morgan fingerprint density at radius 3 is 2.32 bits per heavy atom. The Morgan fingerprint density at radius 1 is 1.37 bits per heavy atom. The number of nitrogens with two attached hydrogens (primary N) is 2. The molecule has 5 nitrogen and oxygen atoms in total. The molecule has 5 N–H and O–H groups in total. The van der Waals surface area contributed by atoms with Crippen LogP contribution in [0.3, 0.4) is 0 Å². The van der Waals surface area contributed by atoms with Crippen LogP contribution in [0.5, 0.6) is 0 Å². The molecule has 108 valence electrons. The number of aryl methyl sites for hydroxylation is 1. The van der Waals surface area contributed by atoms with Crippen molar-refractivity contribution in [2.75, 3.05) is 19.8 Å². The van der Waals surface area contributed by atoms with Crippen LogP contribution in [0.15, 0.2) is 12.3 Å². The van der Waals surface area contributed by atoms with Gasteiger partial charge in [-0.1, -0.05) is 13.8 Å². The summed E-state index contributed by atoms with van der Waals surface area (Å²) in [5, 5.41) is 0. The quantitative estimate of drug-likeness (QED) is 0.538. The lowest BCUT2D eigenvalue weighted by atomic mass is 9.79. The van der Waals surface area contributed by atoms with E-state index in [4.69, 9.17) is 11.6 Å². The van der Waals surface area contributed by atoms with Crippen LogP contribution >= 0.6 is 0 Å². The van der Waals surface area contributed by atoms with Crippen molar-refractivity contribution in [2.45, 2.75) is 45.2 Å². The summed E-state index contributed by atoms with van der Waals surface area (Å²) in [6.45, 7) is 6.40. The van der Waals surface area contributed by atoms with Gasteiger partial charge in [0.25, 0.3) is 0 Å². The lowest BCUT2D eigenvalue weighted by Gasteiger charge is -2.45.